The summed E-state index contributed by atoms with van der Waals surface area (Å²) < 4.78 is 7.59. The van der Waals surface area contributed by atoms with Crippen LogP contribution in [0.2, 0.25) is 10.0 Å². The molecule has 1 aliphatic carbocycles. The Hall–Kier alpha value is -2.30. The van der Waals surface area contributed by atoms with E-state index >= 15 is 0 Å². The van der Waals surface area contributed by atoms with Gasteiger partial charge >= 0.3 is 5.97 Å². The molecule has 0 saturated carbocycles. The van der Waals surface area contributed by atoms with E-state index in [1.165, 1.54) is 30.0 Å². The van der Waals surface area contributed by atoms with Crippen LogP contribution < -0.4 is 4.74 Å². The molecule has 4 rings (SSSR count). The summed E-state index contributed by atoms with van der Waals surface area (Å²) in [6, 6.07) is 11.3. The van der Waals surface area contributed by atoms with Crippen LogP contribution in [-0.4, -0.2) is 15.7 Å². The zero-order valence-electron chi connectivity index (χ0n) is 17.3. The molecule has 1 atom stereocenters. The molecule has 30 heavy (non-hydrogen) atoms. The molecule has 1 aromatic heterocycles. The van der Waals surface area contributed by atoms with Gasteiger partial charge in [0.15, 0.2) is 0 Å². The lowest BCUT2D eigenvalue weighted by Crippen LogP contribution is -2.16. The maximum Gasteiger partial charge on any atom is 0.344 e. The van der Waals surface area contributed by atoms with E-state index in [1.807, 2.05) is 13.8 Å². The Labute approximate surface area is 186 Å². The van der Waals surface area contributed by atoms with Gasteiger partial charge in [-0.25, -0.2) is 9.48 Å². The topological polar surface area (TPSA) is 44.1 Å². The van der Waals surface area contributed by atoms with Gasteiger partial charge in [-0.3, -0.25) is 0 Å². The number of hydrogen-bond acceptors (Lipinski definition) is 3. The van der Waals surface area contributed by atoms with Crippen LogP contribution in [0.25, 0.3) is 0 Å². The summed E-state index contributed by atoms with van der Waals surface area (Å²) in [5, 5.41) is 5.38. The molecule has 1 heterocycles. The molecule has 4 nitrogen and oxygen atoms in total. The summed E-state index contributed by atoms with van der Waals surface area (Å²) in [7, 11) is 0. The SMILES string of the molecule is Cc1nn(C(C)c2ccc3c(c2)CCCC3)c(OC(=O)c2ccc(Cl)c(Cl)c2)c1C. The minimum atomic E-state index is -0.490. The number of nitrogens with zero attached hydrogens (tertiary/aromatic N) is 2. The predicted molar refractivity (Wildman–Crippen MR) is 120 cm³/mol. The van der Waals surface area contributed by atoms with E-state index in [1.54, 1.807) is 16.8 Å². The van der Waals surface area contributed by atoms with Crippen molar-refractivity contribution in [2.45, 2.75) is 52.5 Å². The molecule has 0 radical (unpaired) electrons. The first-order chi connectivity index (χ1) is 14.3. The van der Waals surface area contributed by atoms with Gasteiger partial charge in [-0.2, -0.15) is 5.10 Å². The van der Waals surface area contributed by atoms with Crippen molar-refractivity contribution < 1.29 is 9.53 Å². The number of esters is 1. The number of ether oxygens (including phenoxy) is 1. The first kappa shape index (κ1) is 21.0. The number of hydrogen-bond donors (Lipinski definition) is 0. The van der Waals surface area contributed by atoms with Crippen molar-refractivity contribution in [1.29, 1.82) is 0 Å². The molecule has 0 fully saturated rings. The fraction of sp³-hybridized carbons (Fsp3) is 0.333. The lowest BCUT2D eigenvalue weighted by molar-refractivity contribution is 0.0715. The first-order valence-corrected chi connectivity index (χ1v) is 11.0. The number of aromatic nitrogens is 2. The van der Waals surface area contributed by atoms with Crippen LogP contribution in [-0.2, 0) is 12.8 Å². The van der Waals surface area contributed by atoms with Crippen molar-refractivity contribution in [2.75, 3.05) is 0 Å². The fourth-order valence-electron chi connectivity index (χ4n) is 3.92. The molecule has 156 valence electrons. The maximum atomic E-state index is 12.8. The number of halogens is 2. The molecule has 1 aliphatic rings. The summed E-state index contributed by atoms with van der Waals surface area (Å²) in [5.74, 6) is -0.0377. The number of rotatable bonds is 4. The highest BCUT2D eigenvalue weighted by molar-refractivity contribution is 6.42. The summed E-state index contributed by atoms with van der Waals surface area (Å²) >= 11 is 12.0. The van der Waals surface area contributed by atoms with Crippen molar-refractivity contribution in [3.63, 3.8) is 0 Å². The molecule has 0 N–H and O–H groups in total. The zero-order valence-corrected chi connectivity index (χ0v) is 18.8. The molecule has 6 heteroatoms. The molecule has 3 aromatic rings. The van der Waals surface area contributed by atoms with Gasteiger partial charge in [-0.15, -0.1) is 0 Å². The lowest BCUT2D eigenvalue weighted by Gasteiger charge is -2.20. The Morgan fingerprint density at radius 3 is 2.50 bits per heavy atom. The number of fused-ring (bicyclic) bond motifs is 1. The number of benzene rings is 2. The van der Waals surface area contributed by atoms with Gasteiger partial charge in [0.05, 0.1) is 27.3 Å². The zero-order chi connectivity index (χ0) is 21.4. The van der Waals surface area contributed by atoms with Gasteiger partial charge in [-0.05, 0) is 81.3 Å². The van der Waals surface area contributed by atoms with E-state index in [2.05, 4.69) is 30.2 Å². The third-order valence-electron chi connectivity index (χ3n) is 5.90. The van der Waals surface area contributed by atoms with Gasteiger partial charge in [-0.1, -0.05) is 41.4 Å². The second-order valence-corrected chi connectivity index (χ2v) is 8.70. The largest absolute Gasteiger partial charge is 0.404 e. The van der Waals surface area contributed by atoms with Crippen molar-refractivity contribution in [3.8, 4) is 5.88 Å². The second kappa shape index (κ2) is 8.44. The highest BCUT2D eigenvalue weighted by Crippen LogP contribution is 2.32. The van der Waals surface area contributed by atoms with Crippen molar-refractivity contribution in [2.24, 2.45) is 0 Å². The molecule has 0 spiro atoms. The van der Waals surface area contributed by atoms with Crippen LogP contribution in [0.5, 0.6) is 5.88 Å². The Kier molecular flexibility index (Phi) is 5.90. The van der Waals surface area contributed by atoms with E-state index in [0.29, 0.717) is 21.5 Å². The molecule has 1 unspecified atom stereocenters. The first-order valence-electron chi connectivity index (χ1n) is 10.2. The van der Waals surface area contributed by atoms with Gasteiger partial charge in [0.25, 0.3) is 0 Å². The summed E-state index contributed by atoms with van der Waals surface area (Å²) in [6.45, 7) is 5.91. The molecule has 2 aromatic carbocycles. The van der Waals surface area contributed by atoms with Crippen molar-refractivity contribution in [3.05, 3.63) is 80.0 Å². The van der Waals surface area contributed by atoms with E-state index < -0.39 is 5.97 Å². The van der Waals surface area contributed by atoms with Crippen LogP contribution in [0, 0.1) is 13.8 Å². The van der Waals surface area contributed by atoms with Crippen LogP contribution in [0.3, 0.4) is 0 Å². The van der Waals surface area contributed by atoms with Crippen molar-refractivity contribution in [1.82, 2.24) is 9.78 Å². The predicted octanol–water partition coefficient (Wildman–Crippen LogP) is 6.51. The van der Waals surface area contributed by atoms with Crippen LogP contribution in [0.4, 0.5) is 0 Å². The summed E-state index contributed by atoms with van der Waals surface area (Å²) in [4.78, 5) is 12.8. The monoisotopic (exact) mass is 442 g/mol. The van der Waals surface area contributed by atoms with E-state index in [0.717, 1.165) is 29.7 Å². The van der Waals surface area contributed by atoms with Crippen LogP contribution >= 0.6 is 23.2 Å². The average Bonchev–Trinajstić information content (AvgIpc) is 3.03. The highest BCUT2D eigenvalue weighted by atomic mass is 35.5. The van der Waals surface area contributed by atoms with E-state index in [-0.39, 0.29) is 6.04 Å². The highest BCUT2D eigenvalue weighted by Gasteiger charge is 2.23. The van der Waals surface area contributed by atoms with Gasteiger partial charge in [0, 0.05) is 5.56 Å². The Bertz CT molecular complexity index is 1120. The Morgan fingerprint density at radius 2 is 1.77 bits per heavy atom. The summed E-state index contributed by atoms with van der Waals surface area (Å²) in [6.07, 6.45) is 4.76. The van der Waals surface area contributed by atoms with Gasteiger partial charge < -0.3 is 4.74 Å². The molecule has 0 amide bonds. The lowest BCUT2D eigenvalue weighted by atomic mass is 9.89. The molecular weight excluding hydrogens is 419 g/mol. The van der Waals surface area contributed by atoms with Crippen LogP contribution in [0.1, 0.15) is 64.1 Å². The molecule has 0 saturated heterocycles. The number of carbonyl (C=O) groups excluding carboxylic acids is 1. The van der Waals surface area contributed by atoms with Gasteiger partial charge in [0.2, 0.25) is 5.88 Å². The second-order valence-electron chi connectivity index (χ2n) is 7.89. The minimum Gasteiger partial charge on any atom is -0.404 e. The van der Waals surface area contributed by atoms with Gasteiger partial charge in [0.1, 0.15) is 0 Å². The standard InChI is InChI=1S/C24H24Cl2N2O2/c1-14-15(2)27-28(16(3)18-9-8-17-6-4-5-7-19(17)12-18)23(14)30-24(29)20-10-11-21(25)22(26)13-20/h8-13,16H,4-7H2,1-3H3. The molecule has 0 bridgehead atoms. The van der Waals surface area contributed by atoms with E-state index in [9.17, 15) is 4.79 Å². The fourth-order valence-corrected chi connectivity index (χ4v) is 4.22. The quantitative estimate of drug-likeness (QED) is 0.432. The van der Waals surface area contributed by atoms with Crippen molar-refractivity contribution >= 4 is 29.2 Å². The maximum absolute atomic E-state index is 12.8. The Balaban J connectivity index is 1.65. The average molecular weight is 443 g/mol. The number of carbonyl (C=O) groups is 1. The molecule has 0 aliphatic heterocycles. The smallest absolute Gasteiger partial charge is 0.344 e. The van der Waals surface area contributed by atoms with E-state index in [4.69, 9.17) is 27.9 Å². The third kappa shape index (κ3) is 3.99. The Morgan fingerprint density at radius 1 is 1.03 bits per heavy atom. The third-order valence-corrected chi connectivity index (χ3v) is 6.63. The summed E-state index contributed by atoms with van der Waals surface area (Å²) in [5.41, 5.74) is 6.03. The molecular formula is C24H24Cl2N2O2. The normalized spacial score (nSPS) is 14.3. The number of aryl methyl sites for hydroxylation is 3. The van der Waals surface area contributed by atoms with Crippen LogP contribution in [0.15, 0.2) is 36.4 Å². The minimum absolute atomic E-state index is 0.0683.